The van der Waals surface area contributed by atoms with Gasteiger partial charge in [0.15, 0.2) is 0 Å². The monoisotopic (exact) mass is 297 g/mol. The Hall–Kier alpha value is -1.70. The summed E-state index contributed by atoms with van der Waals surface area (Å²) < 4.78 is 0. The summed E-state index contributed by atoms with van der Waals surface area (Å²) in [6.07, 6.45) is 5.02. The van der Waals surface area contributed by atoms with Crippen LogP contribution >= 0.6 is 11.3 Å². The van der Waals surface area contributed by atoms with Gasteiger partial charge in [0.1, 0.15) is 6.04 Å². The minimum atomic E-state index is -0.165. The van der Waals surface area contributed by atoms with Crippen LogP contribution in [0.2, 0.25) is 0 Å². The molecule has 1 unspecified atom stereocenters. The Morgan fingerprint density at radius 2 is 2.19 bits per heavy atom. The molecule has 0 aliphatic carbocycles. The van der Waals surface area contributed by atoms with Crippen LogP contribution in [-0.2, 0) is 19.4 Å². The first kappa shape index (κ1) is 14.2. The second-order valence-corrected chi connectivity index (χ2v) is 6.57. The van der Waals surface area contributed by atoms with Gasteiger partial charge >= 0.3 is 0 Å². The van der Waals surface area contributed by atoms with Crippen molar-refractivity contribution in [1.29, 1.82) is 5.26 Å². The molecule has 1 aromatic heterocycles. The maximum absolute atomic E-state index is 9.61. The maximum Gasteiger partial charge on any atom is 0.134 e. The van der Waals surface area contributed by atoms with Crippen molar-refractivity contribution < 1.29 is 0 Å². The number of hydrogen-bond donors (Lipinski definition) is 0. The number of fused-ring (bicyclic) bond motifs is 1. The first-order valence-corrected chi connectivity index (χ1v) is 8.28. The van der Waals surface area contributed by atoms with Crippen LogP contribution in [0.4, 0.5) is 0 Å². The lowest BCUT2D eigenvalue weighted by Crippen LogP contribution is -2.33. The van der Waals surface area contributed by atoms with Gasteiger partial charge in [-0.05, 0) is 30.4 Å². The molecular formula is C17H19N3S. The van der Waals surface area contributed by atoms with Crippen LogP contribution in [0.1, 0.15) is 40.4 Å². The van der Waals surface area contributed by atoms with Crippen molar-refractivity contribution in [2.75, 3.05) is 6.54 Å². The molecule has 0 saturated carbocycles. The summed E-state index contributed by atoms with van der Waals surface area (Å²) >= 11 is 1.69. The SMILES string of the molecule is CCCc1ncc(C(C#N)N2CCc3ccccc3C2)s1. The first-order valence-electron chi connectivity index (χ1n) is 7.47. The van der Waals surface area contributed by atoms with E-state index in [1.807, 2.05) is 6.20 Å². The van der Waals surface area contributed by atoms with Gasteiger partial charge in [0.2, 0.25) is 0 Å². The Bertz CT molecular complexity index is 656. The summed E-state index contributed by atoms with van der Waals surface area (Å²) in [4.78, 5) is 7.81. The van der Waals surface area contributed by atoms with E-state index in [9.17, 15) is 5.26 Å². The molecule has 1 aromatic carbocycles. The predicted octanol–water partition coefficient (Wildman–Crippen LogP) is 3.72. The molecule has 2 heterocycles. The summed E-state index contributed by atoms with van der Waals surface area (Å²) in [5.74, 6) is 0. The lowest BCUT2D eigenvalue weighted by molar-refractivity contribution is 0.219. The highest BCUT2D eigenvalue weighted by molar-refractivity contribution is 7.11. The molecule has 1 aliphatic heterocycles. The largest absolute Gasteiger partial charge is 0.279 e. The van der Waals surface area contributed by atoms with Crippen LogP contribution < -0.4 is 0 Å². The van der Waals surface area contributed by atoms with E-state index < -0.39 is 0 Å². The van der Waals surface area contributed by atoms with E-state index in [2.05, 4.69) is 47.1 Å². The molecule has 0 N–H and O–H groups in total. The van der Waals surface area contributed by atoms with E-state index in [1.54, 1.807) is 11.3 Å². The second kappa shape index (κ2) is 6.38. The van der Waals surface area contributed by atoms with Crippen LogP contribution in [0, 0.1) is 11.3 Å². The highest BCUT2D eigenvalue weighted by Gasteiger charge is 2.26. The van der Waals surface area contributed by atoms with E-state index in [-0.39, 0.29) is 6.04 Å². The molecule has 0 amide bonds. The zero-order valence-electron chi connectivity index (χ0n) is 12.2. The fourth-order valence-corrected chi connectivity index (χ4v) is 3.95. The molecule has 0 radical (unpaired) electrons. The van der Waals surface area contributed by atoms with Gasteiger partial charge in [0.25, 0.3) is 0 Å². The van der Waals surface area contributed by atoms with Crippen LogP contribution in [0.3, 0.4) is 0 Å². The molecule has 0 saturated heterocycles. The minimum Gasteiger partial charge on any atom is -0.279 e. The van der Waals surface area contributed by atoms with Crippen molar-refractivity contribution in [2.45, 2.75) is 38.8 Å². The zero-order valence-corrected chi connectivity index (χ0v) is 13.1. The number of hydrogen-bond acceptors (Lipinski definition) is 4. The van der Waals surface area contributed by atoms with E-state index in [0.717, 1.165) is 42.2 Å². The molecule has 2 aromatic rings. The Morgan fingerprint density at radius 3 is 2.95 bits per heavy atom. The molecule has 3 rings (SSSR count). The first-order chi connectivity index (χ1) is 10.3. The van der Waals surface area contributed by atoms with E-state index in [4.69, 9.17) is 0 Å². The number of rotatable bonds is 4. The summed E-state index contributed by atoms with van der Waals surface area (Å²) in [5.41, 5.74) is 2.77. The summed E-state index contributed by atoms with van der Waals surface area (Å²) in [6, 6.07) is 10.8. The molecule has 4 heteroatoms. The van der Waals surface area contributed by atoms with Crippen molar-refractivity contribution in [2.24, 2.45) is 0 Å². The second-order valence-electron chi connectivity index (χ2n) is 5.43. The average Bonchev–Trinajstić information content (AvgIpc) is 2.97. The Morgan fingerprint density at radius 1 is 1.38 bits per heavy atom. The lowest BCUT2D eigenvalue weighted by atomic mass is 9.98. The van der Waals surface area contributed by atoms with Crippen molar-refractivity contribution in [1.82, 2.24) is 9.88 Å². The van der Waals surface area contributed by atoms with Crippen LogP contribution in [0.25, 0.3) is 0 Å². The van der Waals surface area contributed by atoms with Crippen LogP contribution in [-0.4, -0.2) is 16.4 Å². The molecule has 3 nitrogen and oxygen atoms in total. The van der Waals surface area contributed by atoms with Gasteiger partial charge < -0.3 is 0 Å². The van der Waals surface area contributed by atoms with Gasteiger partial charge in [0.05, 0.1) is 16.0 Å². The topological polar surface area (TPSA) is 39.9 Å². The summed E-state index contributed by atoms with van der Waals surface area (Å²) in [5, 5.41) is 10.7. The van der Waals surface area contributed by atoms with Crippen molar-refractivity contribution >= 4 is 11.3 Å². The predicted molar refractivity (Wildman–Crippen MR) is 85.0 cm³/mol. The number of benzene rings is 1. The van der Waals surface area contributed by atoms with Gasteiger partial charge in [-0.2, -0.15) is 5.26 Å². The molecule has 1 aliphatic rings. The molecular weight excluding hydrogens is 278 g/mol. The standard InChI is InChI=1S/C17H19N3S/c1-2-5-17-19-11-16(21-17)15(10-18)20-9-8-13-6-3-4-7-14(13)12-20/h3-4,6-7,11,15H,2,5,8-9,12H2,1H3. The molecule has 0 fully saturated rings. The highest BCUT2D eigenvalue weighted by atomic mass is 32.1. The average molecular weight is 297 g/mol. The fourth-order valence-electron chi connectivity index (χ4n) is 2.84. The van der Waals surface area contributed by atoms with Crippen molar-refractivity contribution in [3.63, 3.8) is 0 Å². The van der Waals surface area contributed by atoms with Gasteiger partial charge in [-0.3, -0.25) is 4.90 Å². The number of aromatic nitrogens is 1. The van der Waals surface area contributed by atoms with Gasteiger partial charge in [0, 0.05) is 19.3 Å². The molecule has 0 spiro atoms. The number of nitriles is 1. The molecule has 21 heavy (non-hydrogen) atoms. The molecule has 1 atom stereocenters. The minimum absolute atomic E-state index is 0.165. The number of thiazole rings is 1. The summed E-state index contributed by atoms with van der Waals surface area (Å²) in [6.45, 7) is 3.95. The fraction of sp³-hybridized carbons (Fsp3) is 0.412. The van der Waals surface area contributed by atoms with Crippen LogP contribution in [0.5, 0.6) is 0 Å². The number of nitrogens with zero attached hydrogens (tertiary/aromatic N) is 3. The summed E-state index contributed by atoms with van der Waals surface area (Å²) in [7, 11) is 0. The third-order valence-corrected chi connectivity index (χ3v) is 5.06. The van der Waals surface area contributed by atoms with Gasteiger partial charge in [-0.1, -0.05) is 31.2 Å². The smallest absolute Gasteiger partial charge is 0.134 e. The van der Waals surface area contributed by atoms with Crippen molar-refractivity contribution in [3.8, 4) is 6.07 Å². The van der Waals surface area contributed by atoms with Crippen molar-refractivity contribution in [3.05, 3.63) is 51.5 Å². The van der Waals surface area contributed by atoms with Crippen LogP contribution in [0.15, 0.2) is 30.5 Å². The third-order valence-electron chi connectivity index (χ3n) is 3.95. The number of aryl methyl sites for hydroxylation is 1. The lowest BCUT2D eigenvalue weighted by Gasteiger charge is -2.31. The zero-order chi connectivity index (χ0) is 14.7. The van der Waals surface area contributed by atoms with Gasteiger partial charge in [-0.15, -0.1) is 11.3 Å². The maximum atomic E-state index is 9.61. The Labute approximate surface area is 129 Å². The third kappa shape index (κ3) is 2.99. The van der Waals surface area contributed by atoms with E-state index in [1.165, 1.54) is 11.1 Å². The van der Waals surface area contributed by atoms with E-state index in [0.29, 0.717) is 0 Å². The quantitative estimate of drug-likeness (QED) is 0.863. The Kier molecular flexibility index (Phi) is 4.33. The molecule has 0 bridgehead atoms. The van der Waals surface area contributed by atoms with Gasteiger partial charge in [-0.25, -0.2) is 4.98 Å². The Balaban J connectivity index is 1.80. The van der Waals surface area contributed by atoms with E-state index >= 15 is 0 Å². The normalized spacial score (nSPS) is 16.2. The highest BCUT2D eigenvalue weighted by Crippen LogP contribution is 2.30. The molecule has 108 valence electrons.